The maximum Gasteiger partial charge on any atom is 0.407 e. The van der Waals surface area contributed by atoms with Crippen molar-refractivity contribution in [3.63, 3.8) is 0 Å². The number of carbonyl (C=O) groups is 2. The minimum absolute atomic E-state index is 0.0847. The first-order valence-corrected chi connectivity index (χ1v) is 15.1. The van der Waals surface area contributed by atoms with Gasteiger partial charge in [0.05, 0.1) is 30.2 Å². The van der Waals surface area contributed by atoms with Crippen molar-refractivity contribution in [2.24, 2.45) is 0 Å². The van der Waals surface area contributed by atoms with Crippen LogP contribution in [-0.4, -0.2) is 36.2 Å². The summed E-state index contributed by atoms with van der Waals surface area (Å²) in [5.74, 6) is 0.870. The zero-order chi connectivity index (χ0) is 30.8. The Hall–Kier alpha value is -5.57. The van der Waals surface area contributed by atoms with Crippen LogP contribution in [0.1, 0.15) is 23.4 Å². The van der Waals surface area contributed by atoms with Gasteiger partial charge < -0.3 is 24.7 Å². The molecule has 1 saturated heterocycles. The van der Waals surface area contributed by atoms with Gasteiger partial charge in [0.15, 0.2) is 5.76 Å². The van der Waals surface area contributed by atoms with Gasteiger partial charge in [0, 0.05) is 24.3 Å². The average Bonchev–Trinajstić information content (AvgIpc) is 3.71. The summed E-state index contributed by atoms with van der Waals surface area (Å²) in [5, 5.41) is 5.78. The number of aryl methyl sites for hydroxylation is 1. The first-order valence-electron chi connectivity index (χ1n) is 15.1. The van der Waals surface area contributed by atoms with Gasteiger partial charge in [0.2, 0.25) is 5.89 Å². The highest BCUT2D eigenvalue weighted by molar-refractivity contribution is 6.06. The highest BCUT2D eigenvalue weighted by atomic mass is 16.5. The molecule has 5 aromatic rings. The van der Waals surface area contributed by atoms with Crippen LogP contribution in [0.4, 0.5) is 26.7 Å². The summed E-state index contributed by atoms with van der Waals surface area (Å²) in [6.07, 6.45) is 1.96. The Morgan fingerprint density at radius 2 is 1.73 bits per heavy atom. The van der Waals surface area contributed by atoms with Gasteiger partial charge in [-0.15, -0.1) is 0 Å². The molecule has 0 saturated carbocycles. The Kier molecular flexibility index (Phi) is 7.65. The number of anilines is 3. The van der Waals surface area contributed by atoms with Crippen molar-refractivity contribution in [3.05, 3.63) is 120 Å². The van der Waals surface area contributed by atoms with Crippen LogP contribution in [0.2, 0.25) is 0 Å². The Balaban J connectivity index is 1.03. The van der Waals surface area contributed by atoms with Gasteiger partial charge >= 0.3 is 12.1 Å². The van der Waals surface area contributed by atoms with Gasteiger partial charge in [0.1, 0.15) is 6.61 Å². The summed E-state index contributed by atoms with van der Waals surface area (Å²) < 4.78 is 11.2. The molecule has 1 fully saturated rings. The molecule has 2 bridgehead atoms. The molecule has 9 nitrogen and oxygen atoms in total. The Bertz CT molecular complexity index is 1850. The van der Waals surface area contributed by atoms with Crippen LogP contribution >= 0.6 is 0 Å². The van der Waals surface area contributed by atoms with Gasteiger partial charge in [-0.3, -0.25) is 4.90 Å². The second-order valence-electron chi connectivity index (χ2n) is 11.4. The predicted molar refractivity (Wildman–Crippen MR) is 174 cm³/mol. The summed E-state index contributed by atoms with van der Waals surface area (Å²) in [5.41, 5.74) is 7.71. The second kappa shape index (κ2) is 12.2. The van der Waals surface area contributed by atoms with Crippen LogP contribution in [-0.2, 0) is 17.9 Å². The van der Waals surface area contributed by atoms with Gasteiger partial charge in [-0.1, -0.05) is 78.4 Å². The molecule has 3 heterocycles. The lowest BCUT2D eigenvalue weighted by Gasteiger charge is -2.37. The molecule has 3 amide bonds. The van der Waals surface area contributed by atoms with E-state index in [4.69, 9.17) is 9.15 Å². The SMILES string of the molecule is Cc1cccc(-c2ccc3c(c2)N(C(=O)Nc2cccc(-c4cnc(CNC(=O)OCc5ccccc5)o4)c2)[C@H]2CCN3C2)c1. The number of benzene rings is 4. The smallest absolute Gasteiger partial charge is 0.407 e. The van der Waals surface area contributed by atoms with Crippen LogP contribution in [0.3, 0.4) is 0 Å². The number of ether oxygens (including phenoxy) is 1. The second-order valence-corrected chi connectivity index (χ2v) is 11.4. The Labute approximate surface area is 261 Å². The van der Waals surface area contributed by atoms with E-state index in [1.54, 1.807) is 6.20 Å². The maximum absolute atomic E-state index is 13.9. The first kappa shape index (κ1) is 28.2. The van der Waals surface area contributed by atoms with Gasteiger partial charge in [-0.05, 0) is 54.3 Å². The van der Waals surface area contributed by atoms with Crippen molar-refractivity contribution in [2.75, 3.05) is 28.2 Å². The summed E-state index contributed by atoms with van der Waals surface area (Å²) in [7, 11) is 0. The molecule has 2 aliphatic heterocycles. The lowest BCUT2D eigenvalue weighted by Crippen LogP contribution is -2.47. The number of urea groups is 1. The number of hydrogen-bond donors (Lipinski definition) is 2. The van der Waals surface area contributed by atoms with E-state index in [-0.39, 0.29) is 25.2 Å². The molecule has 226 valence electrons. The molecule has 4 aromatic carbocycles. The molecule has 2 aliphatic rings. The molecule has 2 N–H and O–H groups in total. The summed E-state index contributed by atoms with van der Waals surface area (Å²) >= 11 is 0. The van der Waals surface area contributed by atoms with E-state index in [1.807, 2.05) is 59.5 Å². The minimum Gasteiger partial charge on any atom is -0.445 e. The fourth-order valence-electron chi connectivity index (χ4n) is 6.01. The largest absolute Gasteiger partial charge is 0.445 e. The molecule has 9 heteroatoms. The number of fused-ring (bicyclic) bond motifs is 4. The van der Waals surface area contributed by atoms with Crippen LogP contribution in [0.15, 0.2) is 108 Å². The Morgan fingerprint density at radius 1 is 0.911 bits per heavy atom. The number of aromatic nitrogens is 1. The van der Waals surface area contributed by atoms with Crippen molar-refractivity contribution in [3.8, 4) is 22.5 Å². The van der Waals surface area contributed by atoms with Gasteiger partial charge in [0.25, 0.3) is 0 Å². The molecule has 0 radical (unpaired) electrons. The lowest BCUT2D eigenvalue weighted by atomic mass is 10.0. The lowest BCUT2D eigenvalue weighted by molar-refractivity contribution is 0.138. The van der Waals surface area contributed by atoms with E-state index < -0.39 is 6.09 Å². The van der Waals surface area contributed by atoms with E-state index in [1.165, 1.54) is 5.56 Å². The molecule has 0 unspecified atom stereocenters. The van der Waals surface area contributed by atoms with E-state index in [0.717, 1.165) is 53.1 Å². The summed E-state index contributed by atoms with van der Waals surface area (Å²) in [6.45, 7) is 4.09. The number of oxazole rings is 1. The van der Waals surface area contributed by atoms with Crippen LogP contribution < -0.4 is 20.4 Å². The molecule has 0 spiro atoms. The maximum atomic E-state index is 13.9. The summed E-state index contributed by atoms with van der Waals surface area (Å²) in [6, 6.07) is 31.7. The fourth-order valence-corrected chi connectivity index (χ4v) is 6.01. The molecule has 1 atom stereocenters. The highest BCUT2D eigenvalue weighted by Gasteiger charge is 2.39. The molecule has 0 aliphatic carbocycles. The van der Waals surface area contributed by atoms with Crippen LogP contribution in [0, 0.1) is 6.92 Å². The normalized spacial score (nSPS) is 15.0. The van der Waals surface area contributed by atoms with E-state index in [0.29, 0.717) is 17.3 Å². The zero-order valence-corrected chi connectivity index (χ0v) is 24.9. The molecular weight excluding hydrogens is 566 g/mol. The quantitative estimate of drug-likeness (QED) is 0.203. The molecule has 7 rings (SSSR count). The zero-order valence-electron chi connectivity index (χ0n) is 24.9. The summed E-state index contributed by atoms with van der Waals surface area (Å²) in [4.78, 5) is 34.6. The number of nitrogens with one attached hydrogen (secondary N) is 2. The third-order valence-corrected chi connectivity index (χ3v) is 8.22. The average molecular weight is 600 g/mol. The number of amides is 3. The van der Waals surface area contributed by atoms with E-state index >= 15 is 0 Å². The molecular formula is C36H33N5O4. The molecule has 45 heavy (non-hydrogen) atoms. The van der Waals surface area contributed by atoms with Gasteiger partial charge in [-0.2, -0.15) is 0 Å². The predicted octanol–water partition coefficient (Wildman–Crippen LogP) is 7.37. The first-order chi connectivity index (χ1) is 22.0. The number of alkyl carbamates (subject to hydrolysis) is 1. The number of nitrogens with zero attached hydrogens (tertiary/aromatic N) is 3. The highest BCUT2D eigenvalue weighted by Crippen LogP contribution is 2.42. The van der Waals surface area contributed by atoms with Crippen molar-refractivity contribution >= 4 is 29.2 Å². The number of rotatable bonds is 7. The monoisotopic (exact) mass is 599 g/mol. The Morgan fingerprint density at radius 3 is 2.60 bits per heavy atom. The van der Waals surface area contributed by atoms with Crippen molar-refractivity contribution in [2.45, 2.75) is 32.5 Å². The van der Waals surface area contributed by atoms with Crippen LogP contribution in [0.5, 0.6) is 0 Å². The minimum atomic E-state index is -0.556. The van der Waals surface area contributed by atoms with Crippen LogP contribution in [0.25, 0.3) is 22.5 Å². The third-order valence-electron chi connectivity index (χ3n) is 8.22. The van der Waals surface area contributed by atoms with E-state index in [9.17, 15) is 9.59 Å². The number of hydrogen-bond acceptors (Lipinski definition) is 6. The third kappa shape index (κ3) is 6.10. The van der Waals surface area contributed by atoms with Crippen molar-refractivity contribution < 1.29 is 18.7 Å². The standard InChI is InChI=1S/C36H33N5O4/c1-24-7-5-10-26(17-24)27-13-14-31-32(19-27)41(30-15-16-40(31)22-30)35(42)39-29-12-6-11-28(18-29)33-20-37-34(45-33)21-38-36(43)44-23-25-8-3-2-4-9-25/h2-14,17-20,30H,15-16,21-23H2,1H3,(H,38,43)(H,39,42)/t30-/m0/s1. The van der Waals surface area contributed by atoms with E-state index in [2.05, 4.69) is 69.9 Å². The topological polar surface area (TPSA) is 99.9 Å². The van der Waals surface area contributed by atoms with Crippen molar-refractivity contribution in [1.29, 1.82) is 0 Å². The van der Waals surface area contributed by atoms with Crippen molar-refractivity contribution in [1.82, 2.24) is 10.3 Å². The fraction of sp³-hybridized carbons (Fsp3) is 0.194. The number of carbonyl (C=O) groups excluding carboxylic acids is 2. The van der Waals surface area contributed by atoms with Gasteiger partial charge in [-0.25, -0.2) is 14.6 Å². The molecule has 1 aromatic heterocycles.